The van der Waals surface area contributed by atoms with E-state index in [4.69, 9.17) is 0 Å². The number of aliphatic hydroxyl groups is 1. The molecule has 1 heterocycles. The lowest BCUT2D eigenvalue weighted by Gasteiger charge is -2.36. The lowest BCUT2D eigenvalue weighted by molar-refractivity contribution is -0.387. The monoisotopic (exact) mass is 282 g/mol. The minimum atomic E-state index is -1.04. The van der Waals surface area contributed by atoms with Crippen molar-refractivity contribution in [2.45, 2.75) is 25.4 Å². The van der Waals surface area contributed by atoms with Crippen molar-refractivity contribution in [3.8, 4) is 0 Å². The van der Waals surface area contributed by atoms with Crippen molar-refractivity contribution < 1.29 is 19.2 Å². The van der Waals surface area contributed by atoms with Gasteiger partial charge in [-0.2, -0.15) is 4.39 Å². The zero-order valence-corrected chi connectivity index (χ0v) is 11.0. The van der Waals surface area contributed by atoms with Crippen LogP contribution in [0.5, 0.6) is 0 Å². The van der Waals surface area contributed by atoms with E-state index in [0.717, 1.165) is 12.1 Å². The fraction of sp³-hybridized carbons (Fsp3) is 0.462. The van der Waals surface area contributed by atoms with Crippen LogP contribution in [-0.2, 0) is 0 Å². The minimum Gasteiger partial charge on any atom is -0.388 e. The third-order valence-corrected chi connectivity index (χ3v) is 3.35. The van der Waals surface area contributed by atoms with E-state index < -0.39 is 27.9 Å². The molecule has 1 saturated heterocycles. The predicted octanol–water partition coefficient (Wildman–Crippen LogP) is 1.72. The van der Waals surface area contributed by atoms with Crippen LogP contribution in [-0.4, -0.2) is 39.5 Å². The van der Waals surface area contributed by atoms with E-state index in [1.54, 1.807) is 6.92 Å². The van der Waals surface area contributed by atoms with Gasteiger partial charge in [0.25, 0.3) is 5.91 Å². The highest BCUT2D eigenvalue weighted by molar-refractivity contribution is 5.94. The molecule has 0 spiro atoms. The van der Waals surface area contributed by atoms with Crippen LogP contribution in [0.25, 0.3) is 0 Å². The molecule has 0 radical (unpaired) electrons. The van der Waals surface area contributed by atoms with Gasteiger partial charge in [0.05, 0.1) is 10.5 Å². The van der Waals surface area contributed by atoms with E-state index in [0.29, 0.717) is 19.4 Å². The first kappa shape index (κ1) is 14.4. The highest BCUT2D eigenvalue weighted by Crippen LogP contribution is 2.23. The number of piperidine rings is 1. The summed E-state index contributed by atoms with van der Waals surface area (Å²) in [6, 6.07) is 3.07. The van der Waals surface area contributed by atoms with E-state index in [1.807, 2.05) is 0 Å². The molecule has 1 aromatic carbocycles. The fourth-order valence-electron chi connectivity index (χ4n) is 2.36. The quantitative estimate of drug-likeness (QED) is 0.661. The Labute approximate surface area is 115 Å². The van der Waals surface area contributed by atoms with Crippen molar-refractivity contribution in [1.82, 2.24) is 4.90 Å². The van der Waals surface area contributed by atoms with Gasteiger partial charge in [0.15, 0.2) is 0 Å². The molecule has 0 bridgehead atoms. The van der Waals surface area contributed by atoms with Crippen LogP contribution in [0.1, 0.15) is 30.1 Å². The molecule has 20 heavy (non-hydrogen) atoms. The molecule has 108 valence electrons. The average Bonchev–Trinajstić information content (AvgIpc) is 2.36. The van der Waals surface area contributed by atoms with Gasteiger partial charge in [0.1, 0.15) is 0 Å². The number of carbonyl (C=O) groups excluding carboxylic acids is 1. The number of likely N-dealkylation sites (tertiary alicyclic amines) is 1. The third-order valence-electron chi connectivity index (χ3n) is 3.35. The average molecular weight is 282 g/mol. The van der Waals surface area contributed by atoms with Crippen LogP contribution in [0.3, 0.4) is 0 Å². The first-order valence-electron chi connectivity index (χ1n) is 6.26. The lowest BCUT2D eigenvalue weighted by Crippen LogP contribution is -2.48. The molecule has 1 aliphatic heterocycles. The van der Waals surface area contributed by atoms with Gasteiger partial charge in [0.2, 0.25) is 5.82 Å². The van der Waals surface area contributed by atoms with Gasteiger partial charge in [-0.15, -0.1) is 0 Å². The van der Waals surface area contributed by atoms with E-state index in [1.165, 1.54) is 11.0 Å². The summed E-state index contributed by atoms with van der Waals surface area (Å²) in [5.41, 5.74) is -1.56. The summed E-state index contributed by atoms with van der Waals surface area (Å²) in [4.78, 5) is 23.3. The Hall–Kier alpha value is -2.02. The lowest BCUT2D eigenvalue weighted by atomic mass is 9.94. The molecule has 1 atom stereocenters. The van der Waals surface area contributed by atoms with Crippen molar-refractivity contribution in [2.75, 3.05) is 13.1 Å². The number of nitro groups is 1. The van der Waals surface area contributed by atoms with E-state index >= 15 is 0 Å². The number of benzene rings is 1. The number of nitrogens with zero attached hydrogens (tertiary/aromatic N) is 2. The molecule has 1 N–H and O–H groups in total. The summed E-state index contributed by atoms with van der Waals surface area (Å²) < 4.78 is 13.5. The molecule has 6 nitrogen and oxygen atoms in total. The normalized spacial score (nSPS) is 22.6. The number of hydrogen-bond donors (Lipinski definition) is 1. The number of hydrogen-bond acceptors (Lipinski definition) is 4. The van der Waals surface area contributed by atoms with Crippen molar-refractivity contribution in [2.24, 2.45) is 0 Å². The Bertz CT molecular complexity index is 559. The van der Waals surface area contributed by atoms with Crippen LogP contribution in [0.4, 0.5) is 10.1 Å². The summed E-state index contributed by atoms with van der Waals surface area (Å²) in [7, 11) is 0. The Morgan fingerprint density at radius 3 is 2.80 bits per heavy atom. The summed E-state index contributed by atoms with van der Waals surface area (Å²) in [5, 5.41) is 20.5. The van der Waals surface area contributed by atoms with Crippen LogP contribution in [0, 0.1) is 15.9 Å². The molecular weight excluding hydrogens is 267 g/mol. The maximum atomic E-state index is 13.5. The van der Waals surface area contributed by atoms with Crippen LogP contribution >= 0.6 is 0 Å². The van der Waals surface area contributed by atoms with Gasteiger partial charge in [-0.3, -0.25) is 14.9 Å². The highest BCUT2D eigenvalue weighted by Gasteiger charge is 2.31. The summed E-state index contributed by atoms with van der Waals surface area (Å²) in [6.07, 6.45) is 1.26. The van der Waals surface area contributed by atoms with Crippen LogP contribution < -0.4 is 0 Å². The third kappa shape index (κ3) is 2.93. The van der Waals surface area contributed by atoms with Gasteiger partial charge in [-0.1, -0.05) is 0 Å². The van der Waals surface area contributed by atoms with Crippen molar-refractivity contribution in [3.63, 3.8) is 0 Å². The van der Waals surface area contributed by atoms with Gasteiger partial charge < -0.3 is 10.0 Å². The number of nitro benzene ring substituents is 1. The SMILES string of the molecule is CC1(O)CCCN(C(=O)c2ccc([N+](=O)[O-])c(F)c2)C1. The molecule has 0 aliphatic carbocycles. The first-order valence-corrected chi connectivity index (χ1v) is 6.26. The molecule has 0 aromatic heterocycles. The van der Waals surface area contributed by atoms with Crippen LogP contribution in [0.15, 0.2) is 18.2 Å². The minimum absolute atomic E-state index is 0.0470. The summed E-state index contributed by atoms with van der Waals surface area (Å²) >= 11 is 0. The predicted molar refractivity (Wildman–Crippen MR) is 68.8 cm³/mol. The smallest absolute Gasteiger partial charge is 0.304 e. The largest absolute Gasteiger partial charge is 0.388 e. The number of halogens is 1. The van der Waals surface area contributed by atoms with E-state index in [9.17, 15) is 24.4 Å². The van der Waals surface area contributed by atoms with Gasteiger partial charge in [-0.05, 0) is 31.9 Å². The first-order chi connectivity index (χ1) is 9.30. The standard InChI is InChI=1S/C13H15FN2O4/c1-13(18)5-2-6-15(8-13)12(17)9-3-4-11(16(19)20)10(14)7-9/h3-4,7,18H,2,5-6,8H2,1H3. The number of carbonyl (C=O) groups is 1. The van der Waals surface area contributed by atoms with Gasteiger partial charge in [0, 0.05) is 24.7 Å². The molecule has 0 saturated carbocycles. The van der Waals surface area contributed by atoms with Gasteiger partial charge >= 0.3 is 5.69 Å². The highest BCUT2D eigenvalue weighted by atomic mass is 19.1. The molecule has 1 aliphatic rings. The molecule has 1 unspecified atom stereocenters. The van der Waals surface area contributed by atoms with Crippen molar-refractivity contribution in [3.05, 3.63) is 39.7 Å². The number of amides is 1. The maximum Gasteiger partial charge on any atom is 0.304 e. The molecular formula is C13H15FN2O4. The van der Waals surface area contributed by atoms with Crippen LogP contribution in [0.2, 0.25) is 0 Å². The zero-order chi connectivity index (χ0) is 14.9. The molecule has 1 amide bonds. The zero-order valence-electron chi connectivity index (χ0n) is 11.0. The maximum absolute atomic E-state index is 13.5. The Balaban J connectivity index is 2.21. The molecule has 2 rings (SSSR count). The Kier molecular flexibility index (Phi) is 3.71. The molecule has 1 fully saturated rings. The second-order valence-corrected chi connectivity index (χ2v) is 5.25. The number of rotatable bonds is 2. The molecule has 1 aromatic rings. The summed E-state index contributed by atoms with van der Waals surface area (Å²) in [6.45, 7) is 2.29. The van der Waals surface area contributed by atoms with Crippen molar-refractivity contribution >= 4 is 11.6 Å². The second-order valence-electron chi connectivity index (χ2n) is 5.25. The Morgan fingerprint density at radius 1 is 1.55 bits per heavy atom. The van der Waals surface area contributed by atoms with Gasteiger partial charge in [-0.25, -0.2) is 0 Å². The van der Waals surface area contributed by atoms with E-state index in [2.05, 4.69) is 0 Å². The Morgan fingerprint density at radius 2 is 2.25 bits per heavy atom. The topological polar surface area (TPSA) is 83.7 Å². The number of β-amino-alcohol motifs (C(OH)–C–C–N with tert-alkyl or cyclic N) is 1. The van der Waals surface area contributed by atoms with E-state index in [-0.39, 0.29) is 12.1 Å². The summed E-state index contributed by atoms with van der Waals surface area (Å²) in [5.74, 6) is -1.47. The molecule has 7 heteroatoms. The fourth-order valence-corrected chi connectivity index (χ4v) is 2.36. The van der Waals surface area contributed by atoms with Crippen molar-refractivity contribution in [1.29, 1.82) is 0 Å². The second kappa shape index (κ2) is 5.16.